The summed E-state index contributed by atoms with van der Waals surface area (Å²) < 4.78 is 3.21. The number of hydrogen-bond acceptors (Lipinski definition) is 4. The van der Waals surface area contributed by atoms with Gasteiger partial charge in [-0.05, 0) is 30.7 Å². The predicted molar refractivity (Wildman–Crippen MR) is 86.2 cm³/mol. The Bertz CT molecular complexity index is 897. The van der Waals surface area contributed by atoms with Crippen molar-refractivity contribution in [2.24, 2.45) is 7.05 Å². The summed E-state index contributed by atoms with van der Waals surface area (Å²) >= 11 is 0. The first-order valence-electron chi connectivity index (χ1n) is 7.37. The van der Waals surface area contributed by atoms with Gasteiger partial charge in [0.15, 0.2) is 0 Å². The van der Waals surface area contributed by atoms with E-state index in [1.807, 2.05) is 24.4 Å². The van der Waals surface area contributed by atoms with Gasteiger partial charge in [-0.25, -0.2) is 9.67 Å². The van der Waals surface area contributed by atoms with Crippen molar-refractivity contribution in [1.82, 2.24) is 24.6 Å². The number of nitrogens with zero attached hydrogens (tertiary/aromatic N) is 4. The molecule has 3 aromatic rings. The Morgan fingerprint density at radius 2 is 2.13 bits per heavy atom. The molecule has 0 aliphatic carbocycles. The van der Waals surface area contributed by atoms with Crippen LogP contribution in [0.1, 0.15) is 16.9 Å². The molecule has 3 aromatic heterocycles. The number of carbonyl (C=O) groups is 1. The van der Waals surface area contributed by atoms with Gasteiger partial charge in [0.2, 0.25) is 0 Å². The Balaban J connectivity index is 1.54. The molecule has 0 atom stereocenters. The Kier molecular flexibility index (Phi) is 4.18. The van der Waals surface area contributed by atoms with Gasteiger partial charge in [0.1, 0.15) is 11.3 Å². The van der Waals surface area contributed by atoms with Crippen LogP contribution in [0, 0.1) is 0 Å². The normalized spacial score (nSPS) is 10.8. The molecular formula is C16H17N5O2. The monoisotopic (exact) mass is 311 g/mol. The van der Waals surface area contributed by atoms with Crippen LogP contribution in [-0.4, -0.2) is 31.8 Å². The fourth-order valence-corrected chi connectivity index (χ4v) is 2.37. The van der Waals surface area contributed by atoms with Crippen LogP contribution in [-0.2, 0) is 13.6 Å². The summed E-state index contributed by atoms with van der Waals surface area (Å²) in [6.07, 6.45) is 4.54. The molecular weight excluding hydrogens is 294 g/mol. The fourth-order valence-electron chi connectivity index (χ4n) is 2.37. The minimum absolute atomic E-state index is 0.236. The second-order valence-corrected chi connectivity index (χ2v) is 5.22. The molecule has 1 N–H and O–H groups in total. The van der Waals surface area contributed by atoms with E-state index in [0.717, 1.165) is 28.7 Å². The zero-order valence-electron chi connectivity index (χ0n) is 12.8. The number of carbonyl (C=O) groups excluding carboxylic acids is 1. The van der Waals surface area contributed by atoms with Crippen molar-refractivity contribution < 1.29 is 4.79 Å². The third kappa shape index (κ3) is 3.28. The Morgan fingerprint density at radius 1 is 1.26 bits per heavy atom. The van der Waals surface area contributed by atoms with E-state index >= 15 is 0 Å². The van der Waals surface area contributed by atoms with Crippen molar-refractivity contribution in [2.45, 2.75) is 13.0 Å². The number of aryl methyl sites for hydroxylation is 2. The van der Waals surface area contributed by atoms with E-state index in [9.17, 15) is 9.59 Å². The van der Waals surface area contributed by atoms with Crippen LogP contribution in [0.5, 0.6) is 0 Å². The topological polar surface area (TPSA) is 81.8 Å². The summed E-state index contributed by atoms with van der Waals surface area (Å²) in [5.74, 6) is -0.281. The van der Waals surface area contributed by atoms with E-state index < -0.39 is 0 Å². The molecule has 0 bridgehead atoms. The van der Waals surface area contributed by atoms with E-state index in [1.54, 1.807) is 6.20 Å². The summed E-state index contributed by atoms with van der Waals surface area (Å²) in [6.45, 7) is 1.29. The largest absolute Gasteiger partial charge is 0.351 e. The van der Waals surface area contributed by atoms with E-state index in [0.29, 0.717) is 6.54 Å². The highest BCUT2D eigenvalue weighted by Gasteiger charge is 2.08. The van der Waals surface area contributed by atoms with Gasteiger partial charge in [0, 0.05) is 44.0 Å². The van der Waals surface area contributed by atoms with Gasteiger partial charge >= 0.3 is 0 Å². The molecule has 7 nitrogen and oxygen atoms in total. The predicted octanol–water partition coefficient (Wildman–Crippen LogP) is 0.950. The standard InChI is InChI=1S/C16H17N5O2/c1-20-14(22)6-5-13(19-20)16(23)18-9-3-10-21-11-7-12-4-2-8-17-15(12)21/h2,4-8,11H,3,9-10H2,1H3,(H,18,23). The van der Waals surface area contributed by atoms with Crippen LogP contribution < -0.4 is 10.9 Å². The summed E-state index contributed by atoms with van der Waals surface area (Å²) in [7, 11) is 1.52. The van der Waals surface area contributed by atoms with Crippen molar-refractivity contribution in [3.63, 3.8) is 0 Å². The molecule has 0 saturated carbocycles. The van der Waals surface area contributed by atoms with Crippen molar-refractivity contribution in [3.05, 3.63) is 58.8 Å². The molecule has 3 rings (SSSR count). The molecule has 0 unspecified atom stereocenters. The van der Waals surface area contributed by atoms with Crippen LogP contribution in [0.2, 0.25) is 0 Å². The fraction of sp³-hybridized carbons (Fsp3) is 0.250. The number of amides is 1. The second kappa shape index (κ2) is 6.43. The molecule has 0 saturated heterocycles. The number of aromatic nitrogens is 4. The van der Waals surface area contributed by atoms with E-state index in [2.05, 4.69) is 20.0 Å². The third-order valence-corrected chi connectivity index (χ3v) is 3.58. The molecule has 0 spiro atoms. The lowest BCUT2D eigenvalue weighted by atomic mass is 10.3. The van der Waals surface area contributed by atoms with E-state index in [-0.39, 0.29) is 17.2 Å². The second-order valence-electron chi connectivity index (χ2n) is 5.22. The van der Waals surface area contributed by atoms with Gasteiger partial charge < -0.3 is 9.88 Å². The number of fused-ring (bicyclic) bond motifs is 1. The Morgan fingerprint density at radius 3 is 2.96 bits per heavy atom. The first-order valence-corrected chi connectivity index (χ1v) is 7.37. The van der Waals surface area contributed by atoms with E-state index in [1.165, 1.54) is 19.2 Å². The lowest BCUT2D eigenvalue weighted by molar-refractivity contribution is 0.0945. The average Bonchev–Trinajstić information content (AvgIpc) is 2.97. The molecule has 0 aliphatic heterocycles. The van der Waals surface area contributed by atoms with Crippen LogP contribution in [0.25, 0.3) is 11.0 Å². The maximum absolute atomic E-state index is 12.0. The Hall–Kier alpha value is -2.96. The van der Waals surface area contributed by atoms with Crippen LogP contribution in [0.15, 0.2) is 47.5 Å². The molecule has 1 amide bonds. The zero-order chi connectivity index (χ0) is 16.2. The van der Waals surface area contributed by atoms with Crippen molar-refractivity contribution in [1.29, 1.82) is 0 Å². The highest BCUT2D eigenvalue weighted by atomic mass is 16.2. The lowest BCUT2D eigenvalue weighted by Gasteiger charge is -2.07. The van der Waals surface area contributed by atoms with Gasteiger partial charge in [0.05, 0.1) is 0 Å². The van der Waals surface area contributed by atoms with Crippen LogP contribution in [0.4, 0.5) is 0 Å². The minimum atomic E-state index is -0.281. The summed E-state index contributed by atoms with van der Waals surface area (Å²) in [6, 6.07) is 8.72. The maximum Gasteiger partial charge on any atom is 0.271 e. The molecule has 0 aromatic carbocycles. The smallest absolute Gasteiger partial charge is 0.271 e. The molecule has 3 heterocycles. The molecule has 0 aliphatic rings. The summed E-state index contributed by atoms with van der Waals surface area (Å²) in [5, 5.41) is 7.83. The van der Waals surface area contributed by atoms with Gasteiger partial charge in [-0.3, -0.25) is 9.59 Å². The van der Waals surface area contributed by atoms with E-state index in [4.69, 9.17) is 0 Å². The lowest BCUT2D eigenvalue weighted by Crippen LogP contribution is -2.29. The molecule has 118 valence electrons. The maximum atomic E-state index is 12.0. The zero-order valence-corrected chi connectivity index (χ0v) is 12.8. The first kappa shape index (κ1) is 15.0. The molecule has 0 fully saturated rings. The first-order chi connectivity index (χ1) is 11.1. The quantitative estimate of drug-likeness (QED) is 0.711. The number of nitrogens with one attached hydrogen (secondary N) is 1. The number of pyridine rings is 1. The molecule has 23 heavy (non-hydrogen) atoms. The minimum Gasteiger partial charge on any atom is -0.351 e. The third-order valence-electron chi connectivity index (χ3n) is 3.58. The van der Waals surface area contributed by atoms with Gasteiger partial charge in [-0.2, -0.15) is 5.10 Å². The molecule has 0 radical (unpaired) electrons. The highest BCUT2D eigenvalue weighted by molar-refractivity contribution is 5.91. The van der Waals surface area contributed by atoms with Crippen LogP contribution in [0.3, 0.4) is 0 Å². The summed E-state index contributed by atoms with van der Waals surface area (Å²) in [5.41, 5.74) is 0.937. The Labute approximate surface area is 132 Å². The van der Waals surface area contributed by atoms with Gasteiger partial charge in [-0.15, -0.1) is 0 Å². The highest BCUT2D eigenvalue weighted by Crippen LogP contribution is 2.12. The molecule has 7 heteroatoms. The number of hydrogen-bond donors (Lipinski definition) is 1. The van der Waals surface area contributed by atoms with Gasteiger partial charge in [0.25, 0.3) is 11.5 Å². The van der Waals surface area contributed by atoms with Crippen molar-refractivity contribution in [3.8, 4) is 0 Å². The van der Waals surface area contributed by atoms with Crippen molar-refractivity contribution >= 4 is 16.9 Å². The van der Waals surface area contributed by atoms with Crippen LogP contribution >= 0.6 is 0 Å². The number of rotatable bonds is 5. The average molecular weight is 311 g/mol. The van der Waals surface area contributed by atoms with Crippen molar-refractivity contribution in [2.75, 3.05) is 6.54 Å². The SMILES string of the molecule is Cn1nc(C(=O)NCCCn2ccc3cccnc32)ccc1=O. The summed E-state index contributed by atoms with van der Waals surface area (Å²) in [4.78, 5) is 27.6. The van der Waals surface area contributed by atoms with Gasteiger partial charge in [-0.1, -0.05) is 0 Å².